The van der Waals surface area contributed by atoms with Crippen LogP contribution < -0.4 is 5.32 Å². The third-order valence-corrected chi connectivity index (χ3v) is 5.45. The van der Waals surface area contributed by atoms with E-state index in [1.54, 1.807) is 6.92 Å². The van der Waals surface area contributed by atoms with E-state index in [2.05, 4.69) is 93.3 Å². The SMILES string of the molecule is C=C=C=C=C=C=C=C=C=C=C=C=C=C=C[C@H](O)[C@H](C)NC(=O)CCCCCCCCCCCCCCC. The zero-order valence-electron chi connectivity index (χ0n) is 22.7. The van der Waals surface area contributed by atoms with Crippen LogP contribution in [0.4, 0.5) is 0 Å². The monoisotopic (exact) mass is 495 g/mol. The number of aliphatic hydroxyl groups excluding tert-OH is 1. The summed E-state index contributed by atoms with van der Waals surface area (Å²) >= 11 is 0. The highest BCUT2D eigenvalue weighted by Gasteiger charge is 2.13. The molecule has 0 saturated heterocycles. The number of nitrogens with one attached hydrogen (secondary N) is 1. The number of carbonyl (C=O) groups excluding carboxylic acids is 1. The van der Waals surface area contributed by atoms with Crippen LogP contribution >= 0.6 is 0 Å². The quantitative estimate of drug-likeness (QED) is 0.162. The summed E-state index contributed by atoms with van der Waals surface area (Å²) in [5.41, 5.74) is 32.8. The molecule has 0 aromatic rings. The van der Waals surface area contributed by atoms with Gasteiger partial charge in [0.2, 0.25) is 5.91 Å². The molecule has 2 N–H and O–H groups in total. The summed E-state index contributed by atoms with van der Waals surface area (Å²) in [6, 6.07) is -0.415. The molecule has 0 saturated carbocycles. The molecule has 0 aromatic heterocycles. The predicted molar refractivity (Wildman–Crippen MR) is 150 cm³/mol. The van der Waals surface area contributed by atoms with Gasteiger partial charge in [-0.05, 0) is 89.0 Å². The normalized spacial score (nSPS) is 10.1. The Balaban J connectivity index is 4.22. The van der Waals surface area contributed by atoms with E-state index in [9.17, 15) is 9.90 Å². The van der Waals surface area contributed by atoms with Crippen LogP contribution in [0.15, 0.2) is 87.2 Å². The third-order valence-electron chi connectivity index (χ3n) is 5.45. The van der Waals surface area contributed by atoms with Gasteiger partial charge in [0.05, 0.1) is 12.1 Å². The molecule has 0 fully saturated rings. The Kier molecular flexibility index (Phi) is 24.2. The molecule has 0 radical (unpaired) electrons. The van der Waals surface area contributed by atoms with Gasteiger partial charge in [-0.3, -0.25) is 4.79 Å². The first-order valence-corrected chi connectivity index (χ1v) is 13.4. The minimum atomic E-state index is -0.873. The number of hydrogen-bond donors (Lipinski definition) is 2. The molecular formula is C34H41NO2. The fourth-order valence-corrected chi connectivity index (χ4v) is 3.35. The second kappa shape index (κ2) is 26.9. The van der Waals surface area contributed by atoms with Gasteiger partial charge in [0, 0.05) is 6.42 Å². The van der Waals surface area contributed by atoms with E-state index in [1.165, 1.54) is 76.7 Å². The Bertz CT molecular complexity index is 1160. The van der Waals surface area contributed by atoms with Crippen LogP contribution in [0, 0.1) is 0 Å². The molecule has 0 bridgehead atoms. The summed E-state index contributed by atoms with van der Waals surface area (Å²) < 4.78 is 0. The molecule has 0 unspecified atom stereocenters. The largest absolute Gasteiger partial charge is 0.386 e. The Morgan fingerprint density at radius 2 is 1.11 bits per heavy atom. The van der Waals surface area contributed by atoms with Gasteiger partial charge in [-0.15, -0.1) is 0 Å². The van der Waals surface area contributed by atoms with Crippen molar-refractivity contribution in [1.82, 2.24) is 5.32 Å². The molecule has 194 valence electrons. The van der Waals surface area contributed by atoms with E-state index in [1.807, 2.05) is 0 Å². The first kappa shape index (κ1) is 33.3. The highest BCUT2D eigenvalue weighted by atomic mass is 16.3. The van der Waals surface area contributed by atoms with E-state index < -0.39 is 12.1 Å². The van der Waals surface area contributed by atoms with Gasteiger partial charge >= 0.3 is 0 Å². The molecule has 0 aromatic carbocycles. The summed E-state index contributed by atoms with van der Waals surface area (Å²) in [5, 5.41) is 13.0. The van der Waals surface area contributed by atoms with Gasteiger partial charge in [-0.1, -0.05) is 95.4 Å². The van der Waals surface area contributed by atoms with Gasteiger partial charge in [0.25, 0.3) is 0 Å². The van der Waals surface area contributed by atoms with Gasteiger partial charge < -0.3 is 10.4 Å². The average Bonchev–Trinajstić information content (AvgIpc) is 2.89. The molecule has 0 spiro atoms. The maximum Gasteiger partial charge on any atom is 0.220 e. The number of aliphatic hydroxyl groups is 1. The molecule has 1 amide bonds. The third kappa shape index (κ3) is 25.2. The highest BCUT2D eigenvalue weighted by molar-refractivity contribution is 5.76. The minimum Gasteiger partial charge on any atom is -0.386 e. The number of rotatable bonds is 17. The van der Waals surface area contributed by atoms with Crippen LogP contribution in [-0.2, 0) is 4.79 Å². The van der Waals surface area contributed by atoms with Crippen LogP contribution in [-0.4, -0.2) is 23.2 Å². The van der Waals surface area contributed by atoms with Crippen LogP contribution in [0.25, 0.3) is 0 Å². The Labute approximate surface area is 224 Å². The second-order valence-corrected chi connectivity index (χ2v) is 8.70. The lowest BCUT2D eigenvalue weighted by Gasteiger charge is -2.16. The van der Waals surface area contributed by atoms with Crippen LogP contribution in [0.5, 0.6) is 0 Å². The lowest BCUT2D eigenvalue weighted by atomic mass is 10.0. The summed E-state index contributed by atoms with van der Waals surface area (Å²) in [7, 11) is 0. The Morgan fingerprint density at radius 3 is 1.57 bits per heavy atom. The van der Waals surface area contributed by atoms with Crippen molar-refractivity contribution in [3.8, 4) is 0 Å². The first-order valence-electron chi connectivity index (χ1n) is 13.4. The van der Waals surface area contributed by atoms with Crippen molar-refractivity contribution < 1.29 is 9.90 Å². The average molecular weight is 496 g/mol. The van der Waals surface area contributed by atoms with Gasteiger partial charge in [-0.2, -0.15) is 0 Å². The van der Waals surface area contributed by atoms with Gasteiger partial charge in [-0.25, -0.2) is 0 Å². The summed E-state index contributed by atoms with van der Waals surface area (Å²) in [5.74, 6) is -0.0390. The predicted octanol–water partition coefficient (Wildman–Crippen LogP) is 7.54. The van der Waals surface area contributed by atoms with Crippen LogP contribution in [0.2, 0.25) is 0 Å². The number of carbonyl (C=O) groups is 1. The second-order valence-electron chi connectivity index (χ2n) is 8.70. The summed E-state index contributed by atoms with van der Waals surface area (Å²) in [4.78, 5) is 12.1. The maximum absolute atomic E-state index is 12.1. The molecule has 2 atom stereocenters. The minimum absolute atomic E-state index is 0.0390. The Morgan fingerprint density at radius 1 is 0.703 bits per heavy atom. The van der Waals surface area contributed by atoms with Crippen molar-refractivity contribution >= 4 is 5.91 Å². The van der Waals surface area contributed by atoms with Crippen molar-refractivity contribution in [2.75, 3.05) is 0 Å². The fourth-order valence-electron chi connectivity index (χ4n) is 3.35. The van der Waals surface area contributed by atoms with Gasteiger partial charge in [0.1, 0.15) is 0 Å². The lowest BCUT2D eigenvalue weighted by Crippen LogP contribution is -2.40. The number of unbranched alkanes of at least 4 members (excludes halogenated alkanes) is 12. The highest BCUT2D eigenvalue weighted by Crippen LogP contribution is 2.13. The van der Waals surface area contributed by atoms with E-state index in [0.29, 0.717) is 6.42 Å². The maximum atomic E-state index is 12.1. The van der Waals surface area contributed by atoms with E-state index in [4.69, 9.17) is 0 Å². The first-order chi connectivity index (χ1) is 18.1. The molecular weight excluding hydrogens is 454 g/mol. The van der Waals surface area contributed by atoms with E-state index in [0.717, 1.165) is 12.8 Å². The van der Waals surface area contributed by atoms with Crippen molar-refractivity contribution in [3.63, 3.8) is 0 Å². The van der Waals surface area contributed by atoms with E-state index >= 15 is 0 Å². The van der Waals surface area contributed by atoms with E-state index in [-0.39, 0.29) is 5.91 Å². The zero-order chi connectivity index (χ0) is 27.2. The lowest BCUT2D eigenvalue weighted by molar-refractivity contribution is -0.122. The Hall–Kier alpha value is -3.69. The zero-order valence-corrected chi connectivity index (χ0v) is 22.7. The molecule has 3 heteroatoms. The van der Waals surface area contributed by atoms with Gasteiger partial charge in [0.15, 0.2) is 0 Å². The molecule has 0 rings (SSSR count). The summed E-state index contributed by atoms with van der Waals surface area (Å²) in [6.07, 6.45) is 17.6. The standard InChI is InChI=1S/C34H41NO2/c1-4-6-8-10-12-14-16-18-20-22-24-26-28-30-33(36)32(3)35-34(37)31-29-27-25-23-21-19-17-15-13-11-9-7-5-2/h30,32-33,36H,1,5,7,9,11,13,15,17,19,21,23,25,27,29,31H2,2-3H3,(H,35,37)/t32-,33-/m0/s1. The summed E-state index contributed by atoms with van der Waals surface area (Å²) in [6.45, 7) is 7.34. The molecule has 37 heavy (non-hydrogen) atoms. The van der Waals surface area contributed by atoms with Crippen molar-refractivity contribution in [1.29, 1.82) is 0 Å². The fraction of sp³-hybridized carbons (Fsp3) is 0.529. The van der Waals surface area contributed by atoms with Crippen molar-refractivity contribution in [3.05, 3.63) is 87.2 Å². The van der Waals surface area contributed by atoms with Crippen molar-refractivity contribution in [2.45, 2.75) is 116 Å². The topological polar surface area (TPSA) is 49.3 Å². The molecule has 0 heterocycles. The molecule has 0 aliphatic rings. The molecule has 0 aliphatic heterocycles. The molecule has 3 nitrogen and oxygen atoms in total. The number of hydrogen-bond acceptors (Lipinski definition) is 2. The molecule has 0 aliphatic carbocycles. The van der Waals surface area contributed by atoms with Crippen LogP contribution in [0.1, 0.15) is 104 Å². The van der Waals surface area contributed by atoms with Crippen molar-refractivity contribution in [2.24, 2.45) is 0 Å². The smallest absolute Gasteiger partial charge is 0.220 e. The number of amides is 1. The van der Waals surface area contributed by atoms with Crippen LogP contribution in [0.3, 0.4) is 0 Å².